The molecule has 0 fully saturated rings. The summed E-state index contributed by atoms with van der Waals surface area (Å²) in [6.07, 6.45) is 1.16. The molecule has 0 N–H and O–H groups in total. The van der Waals surface area contributed by atoms with E-state index in [1.54, 1.807) is 0 Å². The van der Waals surface area contributed by atoms with Crippen molar-refractivity contribution in [3.05, 3.63) is 95.6 Å². The third kappa shape index (κ3) is 2.88. The summed E-state index contributed by atoms with van der Waals surface area (Å²) in [5.41, 5.74) is 7.21. The van der Waals surface area contributed by atoms with Crippen molar-refractivity contribution in [1.82, 2.24) is 4.90 Å². The average Bonchev–Trinajstić information content (AvgIpc) is 2.95. The van der Waals surface area contributed by atoms with Gasteiger partial charge in [-0.05, 0) is 47.8 Å². The van der Waals surface area contributed by atoms with Crippen molar-refractivity contribution in [3.63, 3.8) is 0 Å². The highest BCUT2D eigenvalue weighted by Gasteiger charge is 2.27. The Balaban J connectivity index is 1.50. The topological polar surface area (TPSA) is 3.24 Å². The quantitative estimate of drug-likeness (QED) is 0.616. The molecule has 0 atom stereocenters. The van der Waals surface area contributed by atoms with Crippen molar-refractivity contribution in [2.24, 2.45) is 0 Å². The average molecular weight is 313 g/mol. The molecule has 0 heterocycles. The van der Waals surface area contributed by atoms with E-state index in [2.05, 4.69) is 90.8 Å². The van der Waals surface area contributed by atoms with Crippen molar-refractivity contribution in [1.29, 1.82) is 0 Å². The molecule has 120 valence electrons. The maximum Gasteiger partial charge on any atom is 0.0230 e. The molecule has 1 heteroatoms. The summed E-state index contributed by atoms with van der Waals surface area (Å²) in [6, 6.07) is 28.5. The van der Waals surface area contributed by atoms with E-state index in [1.807, 2.05) is 0 Å². The lowest BCUT2D eigenvalue weighted by molar-refractivity contribution is 0.317. The number of hydrogen-bond donors (Lipinski definition) is 0. The van der Waals surface area contributed by atoms with E-state index < -0.39 is 0 Å². The summed E-state index contributed by atoms with van der Waals surface area (Å²) < 4.78 is 0. The van der Waals surface area contributed by atoms with Crippen LogP contribution in [0.5, 0.6) is 0 Å². The van der Waals surface area contributed by atoms with Crippen LogP contribution in [0.1, 0.15) is 29.0 Å². The van der Waals surface area contributed by atoms with Gasteiger partial charge < -0.3 is 4.90 Å². The summed E-state index contributed by atoms with van der Waals surface area (Å²) >= 11 is 0. The Labute approximate surface area is 144 Å². The predicted molar refractivity (Wildman–Crippen MR) is 101 cm³/mol. The van der Waals surface area contributed by atoms with E-state index in [0.29, 0.717) is 5.92 Å². The van der Waals surface area contributed by atoms with E-state index in [0.717, 1.165) is 19.5 Å². The van der Waals surface area contributed by atoms with Crippen LogP contribution in [0, 0.1) is 0 Å². The molecule has 3 aromatic rings. The Morgan fingerprint density at radius 2 is 1.25 bits per heavy atom. The van der Waals surface area contributed by atoms with Crippen molar-refractivity contribution < 1.29 is 0 Å². The monoisotopic (exact) mass is 313 g/mol. The largest absolute Gasteiger partial charge is 0.302 e. The molecule has 0 radical (unpaired) electrons. The maximum atomic E-state index is 2.43. The molecule has 0 aromatic heterocycles. The van der Waals surface area contributed by atoms with Gasteiger partial charge in [-0.3, -0.25) is 0 Å². The van der Waals surface area contributed by atoms with E-state index in [-0.39, 0.29) is 0 Å². The molecule has 4 rings (SSSR count). The molecule has 0 saturated carbocycles. The van der Waals surface area contributed by atoms with Gasteiger partial charge in [0, 0.05) is 12.5 Å². The minimum absolute atomic E-state index is 0.524. The highest BCUT2D eigenvalue weighted by molar-refractivity contribution is 5.78. The van der Waals surface area contributed by atoms with Gasteiger partial charge in [-0.25, -0.2) is 0 Å². The Morgan fingerprint density at radius 1 is 0.708 bits per heavy atom. The van der Waals surface area contributed by atoms with Gasteiger partial charge >= 0.3 is 0 Å². The predicted octanol–water partition coefficient (Wildman–Crippen LogP) is 5.32. The Hall–Kier alpha value is -2.38. The fourth-order valence-electron chi connectivity index (χ4n) is 3.89. The van der Waals surface area contributed by atoms with Crippen molar-refractivity contribution in [2.75, 3.05) is 13.6 Å². The summed E-state index contributed by atoms with van der Waals surface area (Å²) in [5, 5.41) is 0. The summed E-state index contributed by atoms with van der Waals surface area (Å²) in [5.74, 6) is 0.524. The Bertz CT molecular complexity index is 777. The van der Waals surface area contributed by atoms with Crippen LogP contribution in [-0.2, 0) is 6.54 Å². The maximum absolute atomic E-state index is 2.43. The molecule has 0 spiro atoms. The second-order valence-electron chi connectivity index (χ2n) is 6.74. The second-order valence-corrected chi connectivity index (χ2v) is 6.74. The minimum Gasteiger partial charge on any atom is -0.302 e. The number of nitrogens with zero attached hydrogens (tertiary/aromatic N) is 1. The van der Waals surface area contributed by atoms with E-state index in [4.69, 9.17) is 0 Å². The molecule has 0 aliphatic heterocycles. The third-order valence-corrected chi connectivity index (χ3v) is 5.06. The third-order valence-electron chi connectivity index (χ3n) is 5.06. The lowest BCUT2D eigenvalue weighted by Gasteiger charge is -2.20. The molecule has 24 heavy (non-hydrogen) atoms. The lowest BCUT2D eigenvalue weighted by atomic mass is 9.93. The van der Waals surface area contributed by atoms with Gasteiger partial charge in [0.25, 0.3) is 0 Å². The first-order chi connectivity index (χ1) is 11.8. The number of rotatable bonds is 5. The fourth-order valence-corrected chi connectivity index (χ4v) is 3.89. The first-order valence-corrected chi connectivity index (χ1v) is 8.73. The SMILES string of the molecule is CN(CCC1c2ccccc2-c2ccccc21)Cc1ccccc1. The van der Waals surface area contributed by atoms with Crippen LogP contribution in [0.25, 0.3) is 11.1 Å². The Morgan fingerprint density at radius 3 is 1.88 bits per heavy atom. The van der Waals surface area contributed by atoms with Crippen LogP contribution in [0.4, 0.5) is 0 Å². The van der Waals surface area contributed by atoms with Gasteiger partial charge in [0.2, 0.25) is 0 Å². The number of hydrogen-bond acceptors (Lipinski definition) is 1. The van der Waals surface area contributed by atoms with Crippen molar-refractivity contribution in [2.45, 2.75) is 18.9 Å². The zero-order chi connectivity index (χ0) is 16.4. The molecule has 0 amide bonds. The van der Waals surface area contributed by atoms with Crippen LogP contribution >= 0.6 is 0 Å². The van der Waals surface area contributed by atoms with Crippen LogP contribution in [0.2, 0.25) is 0 Å². The number of benzene rings is 3. The van der Waals surface area contributed by atoms with E-state index >= 15 is 0 Å². The molecular weight excluding hydrogens is 290 g/mol. The van der Waals surface area contributed by atoms with Gasteiger partial charge in [0.1, 0.15) is 0 Å². The van der Waals surface area contributed by atoms with Gasteiger partial charge in [0.15, 0.2) is 0 Å². The fraction of sp³-hybridized carbons (Fsp3) is 0.217. The molecule has 1 aliphatic rings. The van der Waals surface area contributed by atoms with Gasteiger partial charge in [-0.1, -0.05) is 78.9 Å². The van der Waals surface area contributed by atoms with Gasteiger partial charge in [0.05, 0.1) is 0 Å². The van der Waals surface area contributed by atoms with Crippen molar-refractivity contribution >= 4 is 0 Å². The zero-order valence-corrected chi connectivity index (χ0v) is 14.2. The zero-order valence-electron chi connectivity index (χ0n) is 14.2. The molecule has 0 bridgehead atoms. The first-order valence-electron chi connectivity index (χ1n) is 8.73. The summed E-state index contributed by atoms with van der Waals surface area (Å²) in [7, 11) is 2.22. The smallest absolute Gasteiger partial charge is 0.0230 e. The highest BCUT2D eigenvalue weighted by atomic mass is 15.1. The van der Waals surface area contributed by atoms with Gasteiger partial charge in [-0.15, -0.1) is 0 Å². The Kier molecular flexibility index (Phi) is 4.18. The molecule has 1 aliphatic carbocycles. The summed E-state index contributed by atoms with van der Waals surface area (Å²) in [6.45, 7) is 2.11. The van der Waals surface area contributed by atoms with Crippen LogP contribution in [0.3, 0.4) is 0 Å². The highest BCUT2D eigenvalue weighted by Crippen LogP contribution is 2.45. The van der Waals surface area contributed by atoms with Crippen LogP contribution < -0.4 is 0 Å². The van der Waals surface area contributed by atoms with Gasteiger partial charge in [-0.2, -0.15) is 0 Å². The first kappa shape index (κ1) is 15.2. The summed E-state index contributed by atoms with van der Waals surface area (Å²) in [4.78, 5) is 2.43. The molecule has 1 nitrogen and oxygen atoms in total. The minimum atomic E-state index is 0.524. The molecule has 0 unspecified atom stereocenters. The lowest BCUT2D eigenvalue weighted by Crippen LogP contribution is -2.20. The van der Waals surface area contributed by atoms with E-state index in [9.17, 15) is 0 Å². The van der Waals surface area contributed by atoms with Crippen molar-refractivity contribution in [3.8, 4) is 11.1 Å². The van der Waals surface area contributed by atoms with Crippen LogP contribution in [0.15, 0.2) is 78.9 Å². The van der Waals surface area contributed by atoms with E-state index in [1.165, 1.54) is 27.8 Å². The molecule has 0 saturated heterocycles. The molecule has 3 aromatic carbocycles. The number of fused-ring (bicyclic) bond motifs is 3. The molecular formula is C23H23N. The normalized spacial score (nSPS) is 13.1. The van der Waals surface area contributed by atoms with Crippen LogP contribution in [-0.4, -0.2) is 18.5 Å². The second kappa shape index (κ2) is 6.62. The standard InChI is InChI=1S/C23H23N/c1-24(17-18-9-3-2-4-10-18)16-15-23-21-13-7-5-11-19(21)20-12-6-8-14-22(20)23/h2-14,23H,15-17H2,1H3.